The zero-order valence-corrected chi connectivity index (χ0v) is 19.0. The van der Waals surface area contributed by atoms with E-state index in [0.717, 1.165) is 37.3 Å². The maximum absolute atomic E-state index is 5.60. The molecule has 0 saturated heterocycles. The Kier molecular flexibility index (Phi) is 5.96. The predicted octanol–water partition coefficient (Wildman–Crippen LogP) is 3.98. The van der Waals surface area contributed by atoms with Crippen molar-refractivity contribution in [2.24, 2.45) is 0 Å². The minimum Gasteiger partial charge on any atom is -0.493 e. The second-order valence-corrected chi connectivity index (χ2v) is 8.62. The Labute approximate surface area is 184 Å². The number of aromatic nitrogens is 4. The Balaban J connectivity index is 1.82. The molecule has 3 aromatic rings. The SMILES string of the molecule is CCC(C)(C)n1nnnc1C(c1ccc(OC)c(OC)c1)N1CCc2ccccc2C1. The topological polar surface area (TPSA) is 65.3 Å². The van der Waals surface area contributed by atoms with Gasteiger partial charge in [-0.2, -0.15) is 0 Å². The summed E-state index contributed by atoms with van der Waals surface area (Å²) in [7, 11) is 3.32. The highest BCUT2D eigenvalue weighted by molar-refractivity contribution is 5.45. The van der Waals surface area contributed by atoms with Crippen LogP contribution in [0.3, 0.4) is 0 Å². The van der Waals surface area contributed by atoms with Crippen molar-refractivity contribution in [2.75, 3.05) is 20.8 Å². The smallest absolute Gasteiger partial charge is 0.173 e. The van der Waals surface area contributed by atoms with E-state index in [9.17, 15) is 0 Å². The third kappa shape index (κ3) is 4.02. The largest absolute Gasteiger partial charge is 0.493 e. The Morgan fingerprint density at radius 2 is 1.77 bits per heavy atom. The van der Waals surface area contributed by atoms with Crippen molar-refractivity contribution >= 4 is 0 Å². The summed E-state index contributed by atoms with van der Waals surface area (Å²) in [6, 6.07) is 14.6. The van der Waals surface area contributed by atoms with E-state index in [-0.39, 0.29) is 11.6 Å². The molecule has 2 aromatic carbocycles. The molecule has 164 valence electrons. The lowest BCUT2D eigenvalue weighted by molar-refractivity contribution is 0.181. The van der Waals surface area contributed by atoms with Crippen LogP contribution < -0.4 is 9.47 Å². The number of hydrogen-bond donors (Lipinski definition) is 0. The maximum atomic E-state index is 5.60. The first-order valence-electron chi connectivity index (χ1n) is 10.8. The first-order chi connectivity index (χ1) is 15.0. The van der Waals surface area contributed by atoms with Crippen LogP contribution in [-0.4, -0.2) is 45.9 Å². The summed E-state index contributed by atoms with van der Waals surface area (Å²) in [5.74, 6) is 2.26. The second-order valence-electron chi connectivity index (χ2n) is 8.62. The molecule has 1 aromatic heterocycles. The van der Waals surface area contributed by atoms with Gasteiger partial charge in [0.25, 0.3) is 0 Å². The summed E-state index contributed by atoms with van der Waals surface area (Å²) >= 11 is 0. The minimum absolute atomic E-state index is 0.103. The van der Waals surface area contributed by atoms with Gasteiger partial charge in [-0.3, -0.25) is 4.90 Å². The first kappa shape index (κ1) is 21.3. The summed E-state index contributed by atoms with van der Waals surface area (Å²) in [5.41, 5.74) is 3.66. The monoisotopic (exact) mass is 421 g/mol. The number of rotatable bonds is 7. The quantitative estimate of drug-likeness (QED) is 0.575. The fraction of sp³-hybridized carbons (Fsp3) is 0.458. The number of methoxy groups -OCH3 is 2. The first-order valence-corrected chi connectivity index (χ1v) is 10.8. The molecule has 0 fully saturated rings. The molecule has 1 atom stereocenters. The van der Waals surface area contributed by atoms with Crippen LogP contribution in [0, 0.1) is 0 Å². The van der Waals surface area contributed by atoms with Crippen LogP contribution in [0.5, 0.6) is 11.5 Å². The van der Waals surface area contributed by atoms with Gasteiger partial charge in [-0.15, -0.1) is 5.10 Å². The number of fused-ring (bicyclic) bond motifs is 1. The molecule has 0 saturated carbocycles. The van der Waals surface area contributed by atoms with Gasteiger partial charge < -0.3 is 9.47 Å². The molecule has 2 heterocycles. The zero-order valence-electron chi connectivity index (χ0n) is 19.0. The summed E-state index contributed by atoms with van der Waals surface area (Å²) in [6.07, 6.45) is 1.92. The highest BCUT2D eigenvalue weighted by Crippen LogP contribution is 2.37. The number of benzene rings is 2. The maximum Gasteiger partial charge on any atom is 0.173 e. The van der Waals surface area contributed by atoms with Gasteiger partial charge in [-0.05, 0) is 65.9 Å². The normalized spacial score (nSPS) is 15.4. The second kappa shape index (κ2) is 8.67. The molecule has 0 aliphatic carbocycles. The standard InChI is InChI=1S/C24H31N5O2/c1-6-24(2,3)29-23(25-26-27-29)22(18-11-12-20(30-4)21(15-18)31-5)28-14-13-17-9-7-8-10-19(17)16-28/h7-12,15,22H,6,13-14,16H2,1-5H3. The third-order valence-electron chi connectivity index (χ3n) is 6.43. The lowest BCUT2D eigenvalue weighted by Gasteiger charge is -2.36. The molecular formula is C24H31N5O2. The van der Waals surface area contributed by atoms with Crippen molar-refractivity contribution < 1.29 is 9.47 Å². The van der Waals surface area contributed by atoms with Crippen LogP contribution in [0.1, 0.15) is 55.7 Å². The van der Waals surface area contributed by atoms with Gasteiger partial charge in [0.05, 0.1) is 25.8 Å². The highest BCUT2D eigenvalue weighted by Gasteiger charge is 2.34. The summed E-state index contributed by atoms with van der Waals surface area (Å²) in [6.45, 7) is 8.27. The van der Waals surface area contributed by atoms with Gasteiger partial charge in [-0.1, -0.05) is 37.3 Å². The van der Waals surface area contributed by atoms with Crippen molar-refractivity contribution in [3.05, 3.63) is 65.0 Å². The number of nitrogens with zero attached hydrogens (tertiary/aromatic N) is 5. The van der Waals surface area contributed by atoms with Crippen LogP contribution in [0.4, 0.5) is 0 Å². The van der Waals surface area contributed by atoms with Crippen molar-refractivity contribution in [3.63, 3.8) is 0 Å². The van der Waals surface area contributed by atoms with Gasteiger partial charge >= 0.3 is 0 Å². The fourth-order valence-corrected chi connectivity index (χ4v) is 4.23. The van der Waals surface area contributed by atoms with Crippen LogP contribution in [0.15, 0.2) is 42.5 Å². The Hall–Kier alpha value is -2.93. The summed E-state index contributed by atoms with van der Waals surface area (Å²) in [4.78, 5) is 2.46. The van der Waals surface area contributed by atoms with Crippen LogP contribution in [0.2, 0.25) is 0 Å². The van der Waals surface area contributed by atoms with Crippen LogP contribution >= 0.6 is 0 Å². The van der Waals surface area contributed by atoms with Crippen molar-refractivity contribution in [3.8, 4) is 11.5 Å². The molecule has 7 heteroatoms. The lowest BCUT2D eigenvalue weighted by Crippen LogP contribution is -2.38. The predicted molar refractivity (Wildman–Crippen MR) is 119 cm³/mol. The molecule has 31 heavy (non-hydrogen) atoms. The van der Waals surface area contributed by atoms with Crippen molar-refractivity contribution in [1.29, 1.82) is 0 Å². The van der Waals surface area contributed by atoms with E-state index >= 15 is 0 Å². The average molecular weight is 422 g/mol. The van der Waals surface area contributed by atoms with E-state index in [1.54, 1.807) is 14.2 Å². The summed E-state index contributed by atoms with van der Waals surface area (Å²) < 4.78 is 13.1. The molecule has 0 N–H and O–H groups in total. The summed E-state index contributed by atoms with van der Waals surface area (Å²) in [5, 5.41) is 13.0. The lowest BCUT2D eigenvalue weighted by atomic mass is 9.95. The van der Waals surface area contributed by atoms with Crippen LogP contribution in [-0.2, 0) is 18.5 Å². The number of ether oxygens (including phenoxy) is 2. The van der Waals surface area contributed by atoms with E-state index < -0.39 is 0 Å². The molecule has 1 aliphatic rings. The number of tetrazole rings is 1. The number of hydrogen-bond acceptors (Lipinski definition) is 6. The van der Waals surface area contributed by atoms with Gasteiger partial charge in [0.2, 0.25) is 0 Å². The van der Waals surface area contributed by atoms with Crippen molar-refractivity contribution in [1.82, 2.24) is 25.1 Å². The molecule has 0 bridgehead atoms. The average Bonchev–Trinajstić information content (AvgIpc) is 3.29. The van der Waals surface area contributed by atoms with Gasteiger partial charge in [0.1, 0.15) is 0 Å². The zero-order chi connectivity index (χ0) is 22.0. The third-order valence-corrected chi connectivity index (χ3v) is 6.43. The molecule has 1 aliphatic heterocycles. The fourth-order valence-electron chi connectivity index (χ4n) is 4.23. The van der Waals surface area contributed by atoms with E-state index in [1.165, 1.54) is 11.1 Å². The molecule has 0 spiro atoms. The molecule has 7 nitrogen and oxygen atoms in total. The molecule has 0 amide bonds. The molecule has 4 rings (SSSR count). The Morgan fingerprint density at radius 1 is 1.03 bits per heavy atom. The molecule has 0 radical (unpaired) electrons. The van der Waals surface area contributed by atoms with E-state index in [0.29, 0.717) is 11.5 Å². The Morgan fingerprint density at radius 3 is 2.48 bits per heavy atom. The molecular weight excluding hydrogens is 390 g/mol. The van der Waals surface area contributed by atoms with Crippen molar-refractivity contribution in [2.45, 2.75) is 51.7 Å². The minimum atomic E-state index is -0.193. The Bertz CT molecular complexity index is 1050. The highest BCUT2D eigenvalue weighted by atomic mass is 16.5. The van der Waals surface area contributed by atoms with Gasteiger partial charge in [0.15, 0.2) is 17.3 Å². The van der Waals surface area contributed by atoms with Gasteiger partial charge in [-0.25, -0.2) is 4.68 Å². The van der Waals surface area contributed by atoms with Gasteiger partial charge in [0, 0.05) is 13.1 Å². The van der Waals surface area contributed by atoms with E-state index in [2.05, 4.69) is 71.5 Å². The molecule has 1 unspecified atom stereocenters. The van der Waals surface area contributed by atoms with E-state index in [1.807, 2.05) is 16.8 Å². The van der Waals surface area contributed by atoms with Crippen LogP contribution in [0.25, 0.3) is 0 Å². The van der Waals surface area contributed by atoms with E-state index in [4.69, 9.17) is 9.47 Å².